The van der Waals surface area contributed by atoms with Crippen LogP contribution in [0.25, 0.3) is 5.57 Å². The van der Waals surface area contributed by atoms with E-state index >= 15 is 0 Å². The quantitative estimate of drug-likeness (QED) is 0.275. The molecule has 0 aliphatic heterocycles. The van der Waals surface area contributed by atoms with Crippen molar-refractivity contribution in [3.8, 4) is 11.8 Å². The average Bonchev–Trinajstić information content (AvgIpc) is 2.78. The highest BCUT2D eigenvalue weighted by Gasteiger charge is 2.17. The minimum absolute atomic E-state index is 0.0928. The second-order valence-electron chi connectivity index (χ2n) is 6.72. The normalized spacial score (nSPS) is 11.7. The van der Waals surface area contributed by atoms with E-state index in [1.807, 2.05) is 37.3 Å². The van der Waals surface area contributed by atoms with Crippen LogP contribution in [0.3, 0.4) is 0 Å². The number of ether oxygens (including phenoxy) is 1. The molecule has 0 bridgehead atoms. The molecule has 0 fully saturated rings. The molecule has 0 aliphatic carbocycles. The number of allylic oxidation sites excluding steroid dienone is 1. The summed E-state index contributed by atoms with van der Waals surface area (Å²) in [6, 6.07) is 13.2. The van der Waals surface area contributed by atoms with Crippen molar-refractivity contribution in [2.24, 2.45) is 5.16 Å². The van der Waals surface area contributed by atoms with Crippen LogP contribution < -0.4 is 4.74 Å². The molecule has 0 amide bonds. The van der Waals surface area contributed by atoms with Gasteiger partial charge in [0.05, 0.1) is 24.3 Å². The summed E-state index contributed by atoms with van der Waals surface area (Å²) in [5.74, 6) is -0.0110. The van der Waals surface area contributed by atoms with Gasteiger partial charge >= 0.3 is 0 Å². The second kappa shape index (κ2) is 11.9. The largest absolute Gasteiger partial charge is 0.496 e. The Kier molecular flexibility index (Phi) is 9.29. The minimum Gasteiger partial charge on any atom is -0.496 e. The number of benzene rings is 2. The summed E-state index contributed by atoms with van der Waals surface area (Å²) >= 11 is 1.12. The van der Waals surface area contributed by atoms with Crippen molar-refractivity contribution in [3.05, 3.63) is 70.3 Å². The molecule has 0 N–H and O–H groups in total. The summed E-state index contributed by atoms with van der Waals surface area (Å²) < 4.78 is 19.0. The first-order valence-corrected chi connectivity index (χ1v) is 10.9. The third-order valence-electron chi connectivity index (χ3n) is 4.62. The van der Waals surface area contributed by atoms with Crippen LogP contribution in [0, 0.1) is 18.3 Å². The molecule has 0 radical (unpaired) electrons. The number of nitrogens with zero attached hydrogens (tertiary/aromatic N) is 2. The van der Waals surface area contributed by atoms with E-state index in [4.69, 9.17) is 4.74 Å². The summed E-state index contributed by atoms with van der Waals surface area (Å²) in [6.45, 7) is 1.89. The van der Waals surface area contributed by atoms with Crippen LogP contribution in [0.4, 0.5) is 4.39 Å². The Bertz CT molecular complexity index is 1040. The molecule has 0 aliphatic rings. The summed E-state index contributed by atoms with van der Waals surface area (Å²) in [5.41, 5.74) is 4.40. The van der Waals surface area contributed by atoms with Crippen LogP contribution in [-0.2, 0) is 4.84 Å². The van der Waals surface area contributed by atoms with Gasteiger partial charge in [-0.1, -0.05) is 35.1 Å². The smallest absolute Gasteiger partial charge is 0.226 e. The Morgan fingerprint density at radius 2 is 2.03 bits per heavy atom. The first kappa shape index (κ1) is 24.2. The molecule has 0 saturated heterocycles. The molecule has 7 heteroatoms. The van der Waals surface area contributed by atoms with Gasteiger partial charge in [-0.25, -0.2) is 0 Å². The van der Waals surface area contributed by atoms with E-state index < -0.39 is 5.97 Å². The van der Waals surface area contributed by atoms with Crippen LogP contribution in [0.2, 0.25) is 0 Å². The number of rotatable bonds is 9. The van der Waals surface area contributed by atoms with E-state index in [0.29, 0.717) is 29.7 Å². The number of halogens is 1. The molecule has 5 nitrogen and oxygen atoms in total. The van der Waals surface area contributed by atoms with Crippen LogP contribution in [0.15, 0.2) is 47.6 Å². The monoisotopic (exact) mass is 440 g/mol. The molecule has 2 aromatic rings. The summed E-state index contributed by atoms with van der Waals surface area (Å²) in [4.78, 5) is 17.0. The highest BCUT2D eigenvalue weighted by Crippen LogP contribution is 2.33. The van der Waals surface area contributed by atoms with Crippen molar-refractivity contribution in [3.63, 3.8) is 0 Å². The van der Waals surface area contributed by atoms with Crippen LogP contribution in [0.1, 0.15) is 51.9 Å². The van der Waals surface area contributed by atoms with Gasteiger partial charge in [0, 0.05) is 6.42 Å². The number of carbonyl (C=O) groups excluding carboxylic acids is 1. The highest BCUT2D eigenvalue weighted by atomic mass is 32.2. The number of hydrogen-bond donors (Lipinski definition) is 0. The lowest BCUT2D eigenvalue weighted by Gasteiger charge is -2.15. The van der Waals surface area contributed by atoms with Gasteiger partial charge in [-0.05, 0) is 72.6 Å². The first-order chi connectivity index (χ1) is 14.9. The Hall–Kier alpha value is -3.11. The fourth-order valence-electron chi connectivity index (χ4n) is 3.26. The maximum absolute atomic E-state index is 13.5. The number of oxime groups is 1. The molecule has 0 aromatic heterocycles. The topological polar surface area (TPSA) is 71.7 Å². The van der Waals surface area contributed by atoms with E-state index in [1.165, 1.54) is 7.11 Å². The van der Waals surface area contributed by atoms with Gasteiger partial charge in [0.1, 0.15) is 12.9 Å². The van der Waals surface area contributed by atoms with Crippen molar-refractivity contribution >= 4 is 28.4 Å². The minimum atomic E-state index is -0.558. The number of nitriles is 1. The van der Waals surface area contributed by atoms with Gasteiger partial charge in [-0.15, -0.1) is 0 Å². The molecular weight excluding hydrogens is 415 g/mol. The van der Waals surface area contributed by atoms with E-state index in [2.05, 4.69) is 16.1 Å². The lowest BCUT2D eigenvalue weighted by Crippen LogP contribution is -2.02. The SMILES string of the molecule is CO/N=C(\F)CCC/C=C(/c1cccc(C#N)c1)c1cc(C)c(OC)c(C(=O)SC)c1. The lowest BCUT2D eigenvalue weighted by molar-refractivity contribution is 0.108. The fourth-order valence-corrected chi connectivity index (χ4v) is 3.63. The Morgan fingerprint density at radius 3 is 2.68 bits per heavy atom. The van der Waals surface area contributed by atoms with Gasteiger partial charge in [0.2, 0.25) is 11.1 Å². The molecule has 2 rings (SSSR count). The fraction of sp³-hybridized carbons (Fsp3) is 0.292. The van der Waals surface area contributed by atoms with E-state index in [0.717, 1.165) is 34.0 Å². The number of hydrogen-bond acceptors (Lipinski definition) is 6. The molecule has 0 heterocycles. The highest BCUT2D eigenvalue weighted by molar-refractivity contribution is 8.13. The Balaban J connectivity index is 2.53. The standard InChI is InChI=1S/C24H25FN2O3S/c1-16-12-19(14-21(23(16)29-2)24(28)31-4)20(10-5-6-11-22(25)27-30-3)18-9-7-8-17(13-18)15-26/h7-10,12-14H,5-6,11H2,1-4H3/b20-10-,27-22-. The van der Waals surface area contributed by atoms with Crippen LogP contribution in [-0.4, -0.2) is 31.6 Å². The van der Waals surface area contributed by atoms with E-state index in [-0.39, 0.29) is 11.5 Å². The summed E-state index contributed by atoms with van der Waals surface area (Å²) in [7, 11) is 2.85. The van der Waals surface area contributed by atoms with E-state index in [1.54, 1.807) is 25.5 Å². The maximum atomic E-state index is 13.5. The maximum Gasteiger partial charge on any atom is 0.226 e. The number of unbranched alkanes of at least 4 members (excludes halogenated alkanes) is 1. The molecule has 0 unspecified atom stereocenters. The van der Waals surface area contributed by atoms with Crippen LogP contribution >= 0.6 is 11.8 Å². The average molecular weight is 441 g/mol. The first-order valence-electron chi connectivity index (χ1n) is 9.68. The summed E-state index contributed by atoms with van der Waals surface area (Å²) in [6.07, 6.45) is 4.99. The predicted octanol–water partition coefficient (Wildman–Crippen LogP) is 5.91. The number of methoxy groups -OCH3 is 1. The molecule has 2 aromatic carbocycles. The summed E-state index contributed by atoms with van der Waals surface area (Å²) in [5, 5.41) is 12.5. The molecular formula is C24H25FN2O3S. The van der Waals surface area contributed by atoms with Gasteiger partial charge in [0.25, 0.3) is 0 Å². The third-order valence-corrected chi connectivity index (χ3v) is 5.21. The Morgan fingerprint density at radius 1 is 1.26 bits per heavy atom. The number of carbonyl (C=O) groups is 1. The van der Waals surface area contributed by atoms with Crippen molar-refractivity contribution in [2.45, 2.75) is 26.2 Å². The van der Waals surface area contributed by atoms with Crippen molar-refractivity contribution in [1.29, 1.82) is 5.26 Å². The zero-order valence-electron chi connectivity index (χ0n) is 18.1. The number of aryl methyl sites for hydroxylation is 1. The lowest BCUT2D eigenvalue weighted by atomic mass is 9.92. The molecule has 162 valence electrons. The zero-order chi connectivity index (χ0) is 22.8. The van der Waals surface area contributed by atoms with E-state index in [9.17, 15) is 14.4 Å². The van der Waals surface area contributed by atoms with Crippen LogP contribution in [0.5, 0.6) is 5.75 Å². The van der Waals surface area contributed by atoms with Gasteiger partial charge in [-0.3, -0.25) is 4.79 Å². The molecule has 0 saturated carbocycles. The predicted molar refractivity (Wildman–Crippen MR) is 123 cm³/mol. The third kappa shape index (κ3) is 6.43. The second-order valence-corrected chi connectivity index (χ2v) is 7.50. The van der Waals surface area contributed by atoms with Crippen molar-refractivity contribution < 1.29 is 18.8 Å². The van der Waals surface area contributed by atoms with Gasteiger partial charge in [0.15, 0.2) is 0 Å². The van der Waals surface area contributed by atoms with Gasteiger partial charge < -0.3 is 9.57 Å². The zero-order valence-corrected chi connectivity index (χ0v) is 18.9. The Labute approximate surface area is 186 Å². The molecule has 31 heavy (non-hydrogen) atoms. The number of thioether (sulfide) groups is 1. The van der Waals surface area contributed by atoms with Gasteiger partial charge in [-0.2, -0.15) is 9.65 Å². The van der Waals surface area contributed by atoms with Crippen molar-refractivity contribution in [2.75, 3.05) is 20.5 Å². The van der Waals surface area contributed by atoms with Crippen molar-refractivity contribution in [1.82, 2.24) is 0 Å². The molecule has 0 atom stereocenters. The molecule has 0 spiro atoms.